The second kappa shape index (κ2) is 9.13. The normalized spacial score (nSPS) is 14.7. The SMILES string of the molecule is CC(=O)c1c(C)nc(-c2ccccc2)nc1SCC(=O)NC1CCCCC1. The molecule has 1 aliphatic rings. The molecule has 1 aromatic carbocycles. The third kappa shape index (κ3) is 5.16. The number of nitrogens with zero attached hydrogens (tertiary/aromatic N) is 2. The number of hydrogen-bond donors (Lipinski definition) is 1. The van der Waals surface area contributed by atoms with Crippen LogP contribution in [-0.4, -0.2) is 33.5 Å². The molecule has 1 heterocycles. The number of benzene rings is 1. The number of carbonyl (C=O) groups is 2. The minimum absolute atomic E-state index is 0.000992. The molecular formula is C21H25N3O2S. The van der Waals surface area contributed by atoms with Crippen LogP contribution >= 0.6 is 11.8 Å². The molecular weight excluding hydrogens is 358 g/mol. The summed E-state index contributed by atoms with van der Waals surface area (Å²) < 4.78 is 0. The number of hydrogen-bond acceptors (Lipinski definition) is 5. The summed E-state index contributed by atoms with van der Waals surface area (Å²) in [5, 5.41) is 3.69. The molecule has 0 saturated heterocycles. The highest BCUT2D eigenvalue weighted by molar-refractivity contribution is 8.00. The van der Waals surface area contributed by atoms with Gasteiger partial charge in [0.05, 0.1) is 17.0 Å². The van der Waals surface area contributed by atoms with Gasteiger partial charge in [0.15, 0.2) is 11.6 Å². The predicted octanol–water partition coefficient (Wildman–Crippen LogP) is 4.20. The van der Waals surface area contributed by atoms with Crippen LogP contribution in [0.5, 0.6) is 0 Å². The van der Waals surface area contributed by atoms with E-state index in [-0.39, 0.29) is 23.5 Å². The van der Waals surface area contributed by atoms with E-state index in [1.165, 1.54) is 37.9 Å². The van der Waals surface area contributed by atoms with Gasteiger partial charge in [0.1, 0.15) is 5.03 Å². The number of Topliss-reactive ketones (excluding diaryl/α,β-unsaturated/α-hetero) is 1. The van der Waals surface area contributed by atoms with Gasteiger partial charge in [0, 0.05) is 11.6 Å². The fraction of sp³-hybridized carbons (Fsp3) is 0.429. The average molecular weight is 384 g/mol. The van der Waals surface area contributed by atoms with Crippen LogP contribution in [0.25, 0.3) is 11.4 Å². The molecule has 1 aliphatic carbocycles. The summed E-state index contributed by atoms with van der Waals surface area (Å²) in [6.07, 6.45) is 5.72. The third-order valence-corrected chi connectivity index (χ3v) is 5.73. The van der Waals surface area contributed by atoms with Crippen molar-refractivity contribution in [2.75, 3.05) is 5.75 Å². The Morgan fingerprint density at radius 1 is 1.11 bits per heavy atom. The maximum absolute atomic E-state index is 12.3. The average Bonchev–Trinajstić information content (AvgIpc) is 2.67. The van der Waals surface area contributed by atoms with Crippen LogP contribution in [0.4, 0.5) is 0 Å². The molecule has 3 rings (SSSR count). The molecule has 0 radical (unpaired) electrons. The first-order valence-electron chi connectivity index (χ1n) is 9.41. The Labute approximate surface area is 164 Å². The Bertz CT molecular complexity index is 818. The molecule has 0 bridgehead atoms. The lowest BCUT2D eigenvalue weighted by atomic mass is 9.95. The standard InChI is InChI=1S/C21H25N3O2S/c1-14-19(15(2)25)21(24-20(22-14)16-9-5-3-6-10-16)27-13-18(26)23-17-11-7-4-8-12-17/h3,5-6,9-10,17H,4,7-8,11-13H2,1-2H3,(H,23,26). The van der Waals surface area contributed by atoms with Crippen molar-refractivity contribution in [2.24, 2.45) is 0 Å². The molecule has 1 amide bonds. The quantitative estimate of drug-likeness (QED) is 0.460. The first-order valence-corrected chi connectivity index (χ1v) is 10.4. The summed E-state index contributed by atoms with van der Waals surface area (Å²) in [4.78, 5) is 33.5. The van der Waals surface area contributed by atoms with Crippen molar-refractivity contribution in [1.29, 1.82) is 0 Å². The van der Waals surface area contributed by atoms with Gasteiger partial charge in [-0.2, -0.15) is 0 Å². The molecule has 1 fully saturated rings. The second-order valence-corrected chi connectivity index (χ2v) is 7.89. The first-order chi connectivity index (χ1) is 13.0. The van der Waals surface area contributed by atoms with Crippen LogP contribution in [0, 0.1) is 6.92 Å². The number of nitrogens with one attached hydrogen (secondary N) is 1. The Hall–Kier alpha value is -2.21. The van der Waals surface area contributed by atoms with E-state index in [0.29, 0.717) is 22.1 Å². The monoisotopic (exact) mass is 383 g/mol. The van der Waals surface area contributed by atoms with E-state index in [0.717, 1.165) is 18.4 Å². The highest BCUT2D eigenvalue weighted by atomic mass is 32.2. The zero-order valence-corrected chi connectivity index (χ0v) is 16.6. The van der Waals surface area contributed by atoms with Crippen LogP contribution in [0.1, 0.15) is 55.1 Å². The van der Waals surface area contributed by atoms with E-state index in [1.54, 1.807) is 0 Å². The Morgan fingerprint density at radius 3 is 2.48 bits per heavy atom. The van der Waals surface area contributed by atoms with Crippen LogP contribution in [0.2, 0.25) is 0 Å². The van der Waals surface area contributed by atoms with E-state index in [9.17, 15) is 9.59 Å². The van der Waals surface area contributed by atoms with Gasteiger partial charge >= 0.3 is 0 Å². The van der Waals surface area contributed by atoms with Gasteiger partial charge < -0.3 is 5.32 Å². The Kier molecular flexibility index (Phi) is 6.61. The zero-order valence-electron chi connectivity index (χ0n) is 15.8. The summed E-state index contributed by atoms with van der Waals surface area (Å²) in [6.45, 7) is 3.33. The Balaban J connectivity index is 1.77. The van der Waals surface area contributed by atoms with E-state index in [2.05, 4.69) is 15.3 Å². The molecule has 0 unspecified atom stereocenters. The number of amides is 1. The summed E-state index contributed by atoms with van der Waals surface area (Å²) in [7, 11) is 0. The van der Waals surface area contributed by atoms with E-state index in [4.69, 9.17) is 0 Å². The summed E-state index contributed by atoms with van der Waals surface area (Å²) >= 11 is 1.31. The van der Waals surface area contributed by atoms with Crippen LogP contribution in [0.3, 0.4) is 0 Å². The topological polar surface area (TPSA) is 72.0 Å². The van der Waals surface area contributed by atoms with Crippen molar-refractivity contribution in [3.63, 3.8) is 0 Å². The van der Waals surface area contributed by atoms with Crippen molar-refractivity contribution in [3.05, 3.63) is 41.6 Å². The van der Waals surface area contributed by atoms with Crippen LogP contribution < -0.4 is 5.32 Å². The van der Waals surface area contributed by atoms with E-state index in [1.807, 2.05) is 37.3 Å². The number of aromatic nitrogens is 2. The maximum Gasteiger partial charge on any atom is 0.230 e. The fourth-order valence-corrected chi connectivity index (χ4v) is 4.36. The van der Waals surface area contributed by atoms with E-state index >= 15 is 0 Å². The molecule has 1 aromatic heterocycles. The number of thioether (sulfide) groups is 1. The lowest BCUT2D eigenvalue weighted by Gasteiger charge is -2.22. The number of ketones is 1. The molecule has 0 atom stereocenters. The van der Waals surface area contributed by atoms with Crippen molar-refractivity contribution in [1.82, 2.24) is 15.3 Å². The molecule has 5 nitrogen and oxygen atoms in total. The summed E-state index contributed by atoms with van der Waals surface area (Å²) in [5.74, 6) is 0.746. The lowest BCUT2D eigenvalue weighted by molar-refractivity contribution is -0.119. The largest absolute Gasteiger partial charge is 0.353 e. The lowest BCUT2D eigenvalue weighted by Crippen LogP contribution is -2.37. The first kappa shape index (κ1) is 19.5. The smallest absolute Gasteiger partial charge is 0.230 e. The molecule has 0 spiro atoms. The maximum atomic E-state index is 12.3. The highest BCUT2D eigenvalue weighted by Gasteiger charge is 2.19. The van der Waals surface area contributed by atoms with Gasteiger partial charge in [-0.25, -0.2) is 9.97 Å². The van der Waals surface area contributed by atoms with E-state index < -0.39 is 0 Å². The highest BCUT2D eigenvalue weighted by Crippen LogP contribution is 2.27. The predicted molar refractivity (Wildman–Crippen MR) is 108 cm³/mol. The number of carbonyl (C=O) groups excluding carboxylic acids is 2. The minimum Gasteiger partial charge on any atom is -0.353 e. The van der Waals surface area contributed by atoms with Gasteiger partial charge in [-0.1, -0.05) is 61.4 Å². The van der Waals surface area contributed by atoms with Gasteiger partial charge in [0.2, 0.25) is 5.91 Å². The summed E-state index contributed by atoms with van der Waals surface area (Å²) in [6, 6.07) is 9.95. The molecule has 2 aromatic rings. The summed E-state index contributed by atoms with van der Waals surface area (Å²) in [5.41, 5.74) is 2.04. The molecule has 0 aliphatic heterocycles. The minimum atomic E-state index is -0.0812. The zero-order chi connectivity index (χ0) is 19.2. The number of rotatable bonds is 6. The van der Waals surface area contributed by atoms with Gasteiger partial charge in [-0.3, -0.25) is 9.59 Å². The van der Waals surface area contributed by atoms with Crippen LogP contribution in [-0.2, 0) is 4.79 Å². The van der Waals surface area contributed by atoms with Crippen molar-refractivity contribution < 1.29 is 9.59 Å². The van der Waals surface area contributed by atoms with Crippen LogP contribution in [0.15, 0.2) is 35.4 Å². The fourth-order valence-electron chi connectivity index (χ4n) is 3.42. The van der Waals surface area contributed by atoms with Gasteiger partial charge in [-0.15, -0.1) is 0 Å². The molecule has 1 saturated carbocycles. The molecule has 27 heavy (non-hydrogen) atoms. The van der Waals surface area contributed by atoms with Crippen molar-refractivity contribution >= 4 is 23.5 Å². The molecule has 142 valence electrons. The van der Waals surface area contributed by atoms with Crippen molar-refractivity contribution in [2.45, 2.75) is 57.0 Å². The van der Waals surface area contributed by atoms with Gasteiger partial charge in [-0.05, 0) is 26.7 Å². The third-order valence-electron chi connectivity index (χ3n) is 4.75. The van der Waals surface area contributed by atoms with Crippen molar-refractivity contribution in [3.8, 4) is 11.4 Å². The molecule has 1 N–H and O–H groups in total. The van der Waals surface area contributed by atoms with Gasteiger partial charge in [0.25, 0.3) is 0 Å². The Morgan fingerprint density at radius 2 is 1.81 bits per heavy atom. The second-order valence-electron chi connectivity index (χ2n) is 6.93. The molecule has 6 heteroatoms. The number of aryl methyl sites for hydroxylation is 1.